The minimum absolute atomic E-state index is 0.378. The fourth-order valence-corrected chi connectivity index (χ4v) is 4.10. The maximum absolute atomic E-state index is 5.83. The Bertz CT molecular complexity index is 710. The third-order valence-corrected chi connectivity index (χ3v) is 5.68. The Morgan fingerprint density at radius 3 is 2.46 bits per heavy atom. The van der Waals surface area contributed by atoms with Gasteiger partial charge >= 0.3 is 0 Å². The van der Waals surface area contributed by atoms with Gasteiger partial charge in [0.25, 0.3) is 0 Å². The number of rotatable bonds is 4. The first-order chi connectivity index (χ1) is 11.8. The molecule has 1 saturated heterocycles. The Kier molecular flexibility index (Phi) is 4.83. The van der Waals surface area contributed by atoms with Gasteiger partial charge < -0.3 is 4.74 Å². The molecule has 0 aliphatic carbocycles. The van der Waals surface area contributed by atoms with Crippen LogP contribution in [0, 0.1) is 0 Å². The van der Waals surface area contributed by atoms with Crippen LogP contribution < -0.4 is 0 Å². The summed E-state index contributed by atoms with van der Waals surface area (Å²) in [4.78, 5) is 2.61. The van der Waals surface area contributed by atoms with E-state index in [9.17, 15) is 0 Å². The second kappa shape index (κ2) is 7.22. The number of hydrogen-bond donors (Lipinski definition) is 0. The molecule has 3 heteroatoms. The Hall–Kier alpha value is -1.42. The summed E-state index contributed by atoms with van der Waals surface area (Å²) in [5.74, 6) is 0. The Morgan fingerprint density at radius 1 is 0.958 bits per heavy atom. The quantitative estimate of drug-likeness (QED) is 0.713. The topological polar surface area (TPSA) is 12.5 Å². The molecule has 2 aliphatic heterocycles. The first-order valence-corrected chi connectivity index (χ1v) is 9.69. The molecule has 0 aromatic heterocycles. The summed E-state index contributed by atoms with van der Waals surface area (Å²) in [6.07, 6.45) is 3.48. The van der Waals surface area contributed by atoms with Crippen LogP contribution in [0.3, 0.4) is 0 Å². The zero-order valence-electron chi connectivity index (χ0n) is 13.7. The van der Waals surface area contributed by atoms with E-state index in [1.54, 1.807) is 0 Å². The average molecular weight is 384 g/mol. The lowest BCUT2D eigenvalue weighted by molar-refractivity contribution is -0.0402. The second-order valence-corrected chi connectivity index (χ2v) is 7.20. The van der Waals surface area contributed by atoms with Crippen molar-refractivity contribution in [2.45, 2.75) is 30.4 Å². The fourth-order valence-electron chi connectivity index (χ4n) is 3.72. The molecule has 2 bridgehead atoms. The highest BCUT2D eigenvalue weighted by molar-refractivity contribution is 9.08. The maximum atomic E-state index is 5.83. The van der Waals surface area contributed by atoms with Crippen molar-refractivity contribution in [1.29, 1.82) is 0 Å². The molecule has 2 heterocycles. The lowest BCUT2D eigenvalue weighted by Crippen LogP contribution is -2.53. The number of hydrogen-bond acceptors (Lipinski definition) is 2. The molecule has 0 amide bonds. The van der Waals surface area contributed by atoms with E-state index < -0.39 is 0 Å². The maximum Gasteiger partial charge on any atom is 0.0658 e. The van der Waals surface area contributed by atoms with Crippen LogP contribution in [0.5, 0.6) is 0 Å². The number of morpholine rings is 1. The number of nitrogens with zero attached hydrogens (tertiary/aromatic N) is 1. The smallest absolute Gasteiger partial charge is 0.0658 e. The van der Waals surface area contributed by atoms with E-state index in [1.165, 1.54) is 22.3 Å². The van der Waals surface area contributed by atoms with Gasteiger partial charge in [-0.2, -0.15) is 0 Å². The molecule has 1 fully saturated rings. The van der Waals surface area contributed by atoms with Crippen molar-refractivity contribution in [3.63, 3.8) is 0 Å². The van der Waals surface area contributed by atoms with E-state index in [0.29, 0.717) is 12.1 Å². The zero-order valence-corrected chi connectivity index (χ0v) is 15.3. The van der Waals surface area contributed by atoms with Gasteiger partial charge in [-0.15, -0.1) is 0 Å². The van der Waals surface area contributed by atoms with Gasteiger partial charge in [0.05, 0.1) is 19.3 Å². The lowest BCUT2D eigenvalue weighted by atomic mass is 9.89. The van der Waals surface area contributed by atoms with Gasteiger partial charge in [-0.05, 0) is 28.7 Å². The largest absolute Gasteiger partial charge is 0.378 e. The normalized spacial score (nSPS) is 23.8. The molecule has 2 aromatic carbocycles. The Balaban J connectivity index is 1.57. The summed E-state index contributed by atoms with van der Waals surface area (Å²) >= 11 is 3.52. The number of alkyl halides is 1. The van der Waals surface area contributed by atoms with Gasteiger partial charge in [0.1, 0.15) is 0 Å². The molecule has 0 saturated carbocycles. The van der Waals surface area contributed by atoms with Crippen molar-refractivity contribution in [2.24, 2.45) is 0 Å². The summed E-state index contributed by atoms with van der Waals surface area (Å²) in [6, 6.07) is 20.6. The molecule has 4 rings (SSSR count). The summed E-state index contributed by atoms with van der Waals surface area (Å²) in [6.45, 7) is 2.64. The molecular formula is C21H22BrNO. The highest BCUT2D eigenvalue weighted by atomic mass is 79.9. The summed E-state index contributed by atoms with van der Waals surface area (Å²) in [5.41, 5.74) is 5.53. The van der Waals surface area contributed by atoms with Crippen LogP contribution in [-0.4, -0.2) is 30.2 Å². The minimum atomic E-state index is 0.378. The minimum Gasteiger partial charge on any atom is -0.378 e. The van der Waals surface area contributed by atoms with E-state index in [1.807, 2.05) is 0 Å². The van der Waals surface area contributed by atoms with Crippen LogP contribution in [0.2, 0.25) is 0 Å². The molecule has 24 heavy (non-hydrogen) atoms. The van der Waals surface area contributed by atoms with Crippen molar-refractivity contribution in [3.8, 4) is 0 Å². The van der Waals surface area contributed by atoms with Gasteiger partial charge in [0.2, 0.25) is 0 Å². The highest BCUT2D eigenvalue weighted by Gasteiger charge is 2.34. The molecule has 2 unspecified atom stereocenters. The molecule has 2 nitrogen and oxygen atoms in total. The van der Waals surface area contributed by atoms with Crippen LogP contribution in [0.25, 0.3) is 5.57 Å². The van der Waals surface area contributed by atoms with Crippen LogP contribution in [0.15, 0.2) is 60.7 Å². The number of benzene rings is 2. The second-order valence-electron chi connectivity index (χ2n) is 6.64. The molecule has 0 spiro atoms. The van der Waals surface area contributed by atoms with Gasteiger partial charge in [0, 0.05) is 17.9 Å². The zero-order chi connectivity index (χ0) is 16.4. The van der Waals surface area contributed by atoms with Crippen molar-refractivity contribution in [3.05, 3.63) is 77.4 Å². The van der Waals surface area contributed by atoms with Crippen LogP contribution in [0.4, 0.5) is 0 Å². The van der Waals surface area contributed by atoms with Gasteiger partial charge in [-0.3, -0.25) is 4.90 Å². The summed E-state index contributed by atoms with van der Waals surface area (Å²) in [5, 5.41) is 0.913. The third-order valence-electron chi connectivity index (χ3n) is 5.03. The molecule has 0 N–H and O–H groups in total. The molecule has 2 atom stereocenters. The first-order valence-electron chi connectivity index (χ1n) is 8.57. The van der Waals surface area contributed by atoms with Crippen molar-refractivity contribution < 1.29 is 4.74 Å². The number of ether oxygens (including phenoxy) is 1. The van der Waals surface area contributed by atoms with Crippen molar-refractivity contribution in [1.82, 2.24) is 4.90 Å². The van der Waals surface area contributed by atoms with Crippen molar-refractivity contribution in [2.75, 3.05) is 13.2 Å². The highest BCUT2D eigenvalue weighted by Crippen LogP contribution is 2.33. The standard InChI is InChI=1S/C21H22BrNO/c22-12-16-6-8-18(9-7-16)19-10-20-14-24-15-21(11-19)23(20)13-17-4-2-1-3-5-17/h1-10,20-21H,11-15H2. The first kappa shape index (κ1) is 16.1. The van der Waals surface area contributed by atoms with E-state index in [-0.39, 0.29) is 0 Å². The molecule has 2 aliphatic rings. The molecule has 124 valence electrons. The fraction of sp³-hybridized carbons (Fsp3) is 0.333. The van der Waals surface area contributed by atoms with Gasteiger partial charge in [-0.25, -0.2) is 0 Å². The Morgan fingerprint density at radius 2 is 1.75 bits per heavy atom. The van der Waals surface area contributed by atoms with Crippen molar-refractivity contribution >= 4 is 21.5 Å². The summed E-state index contributed by atoms with van der Waals surface area (Å²) in [7, 11) is 0. The van der Waals surface area contributed by atoms with E-state index in [4.69, 9.17) is 4.74 Å². The predicted molar refractivity (Wildman–Crippen MR) is 102 cm³/mol. The van der Waals surface area contributed by atoms with Crippen LogP contribution >= 0.6 is 15.9 Å². The van der Waals surface area contributed by atoms with E-state index in [2.05, 4.69) is 81.5 Å². The van der Waals surface area contributed by atoms with Crippen LogP contribution in [0.1, 0.15) is 23.1 Å². The predicted octanol–water partition coefficient (Wildman–Crippen LogP) is 4.64. The van der Waals surface area contributed by atoms with Crippen LogP contribution in [-0.2, 0) is 16.6 Å². The molecule has 0 radical (unpaired) electrons. The monoisotopic (exact) mass is 383 g/mol. The Labute approximate surface area is 152 Å². The third kappa shape index (κ3) is 3.34. The molecular weight excluding hydrogens is 362 g/mol. The average Bonchev–Trinajstić information content (AvgIpc) is 2.62. The lowest BCUT2D eigenvalue weighted by Gasteiger charge is -2.44. The summed E-state index contributed by atoms with van der Waals surface area (Å²) < 4.78 is 5.83. The van der Waals surface area contributed by atoms with E-state index in [0.717, 1.165) is 31.5 Å². The number of halogens is 1. The molecule has 2 aromatic rings. The SMILES string of the molecule is BrCc1ccc(C2=CC3COCC(C2)N3Cc2ccccc2)cc1. The number of fused-ring (bicyclic) bond motifs is 2. The van der Waals surface area contributed by atoms with Gasteiger partial charge in [-0.1, -0.05) is 76.6 Å². The van der Waals surface area contributed by atoms with E-state index >= 15 is 0 Å². The van der Waals surface area contributed by atoms with Gasteiger partial charge in [0.15, 0.2) is 0 Å².